The predicted octanol–water partition coefficient (Wildman–Crippen LogP) is 5.90. The van der Waals surface area contributed by atoms with Crippen molar-refractivity contribution in [2.45, 2.75) is 12.4 Å². The first kappa shape index (κ1) is 35.6. The van der Waals surface area contributed by atoms with Gasteiger partial charge in [-0.2, -0.15) is 26.3 Å². The van der Waals surface area contributed by atoms with Gasteiger partial charge >= 0.3 is 48.2 Å². The molecular formula is C32H16F6O13. The Morgan fingerprint density at radius 3 is 1.59 bits per heavy atom. The maximum Gasteiger partial charge on any atom is 0.417 e. The molecular weight excluding hydrogens is 706 g/mol. The number of ether oxygens (including phenoxy) is 3. The van der Waals surface area contributed by atoms with Crippen molar-refractivity contribution in [1.82, 2.24) is 0 Å². The van der Waals surface area contributed by atoms with Gasteiger partial charge in [0, 0.05) is 0 Å². The molecule has 2 atom stereocenters. The molecule has 51 heavy (non-hydrogen) atoms. The van der Waals surface area contributed by atoms with Crippen molar-refractivity contribution >= 4 is 41.4 Å². The molecule has 0 amide bonds. The Hall–Kier alpha value is -6.66. The number of rotatable bonds is 9. The molecule has 1 saturated heterocycles. The first-order valence-electron chi connectivity index (χ1n) is 13.7. The van der Waals surface area contributed by atoms with Crippen molar-refractivity contribution in [3.8, 4) is 17.2 Å². The Balaban J connectivity index is 1.67. The number of benzene rings is 3. The highest BCUT2D eigenvalue weighted by Crippen LogP contribution is 2.62. The minimum Gasteiger partial charge on any atom is -0.478 e. The number of carbonyl (C=O) groups excluding carboxylic acids is 2. The van der Waals surface area contributed by atoms with Gasteiger partial charge in [0.25, 0.3) is 0 Å². The highest BCUT2D eigenvalue weighted by molar-refractivity contribution is 6.10. The molecule has 5 rings (SSSR count). The van der Waals surface area contributed by atoms with E-state index in [1.165, 1.54) is 0 Å². The lowest BCUT2D eigenvalue weighted by molar-refractivity contribution is -0.212. The molecule has 0 spiro atoms. The fourth-order valence-corrected chi connectivity index (χ4v) is 5.57. The molecule has 19 heteroatoms. The molecule has 1 aliphatic heterocycles. The van der Waals surface area contributed by atoms with E-state index in [-0.39, 0.29) is 6.07 Å². The minimum absolute atomic E-state index is 0.218. The van der Waals surface area contributed by atoms with Crippen LogP contribution in [0.15, 0.2) is 72.5 Å². The average molecular weight is 722 g/mol. The summed E-state index contributed by atoms with van der Waals surface area (Å²) in [5, 5.41) is 37.1. The average Bonchev–Trinajstić information content (AvgIpc) is 3.31. The van der Waals surface area contributed by atoms with Crippen LogP contribution in [-0.2, 0) is 20.5 Å². The number of hydrogen-bond acceptors (Lipinski definition) is 9. The summed E-state index contributed by atoms with van der Waals surface area (Å²) in [6, 6.07) is 5.95. The topological polar surface area (TPSA) is 211 Å². The molecule has 0 saturated carbocycles. The molecule has 0 bridgehead atoms. The number of aromatic carboxylic acids is 4. The van der Waals surface area contributed by atoms with Crippen LogP contribution in [0.1, 0.15) is 52.6 Å². The lowest BCUT2D eigenvalue weighted by atomic mass is 9.64. The van der Waals surface area contributed by atoms with Crippen molar-refractivity contribution in [3.63, 3.8) is 0 Å². The van der Waals surface area contributed by atoms with Crippen LogP contribution in [0.2, 0.25) is 0 Å². The summed E-state index contributed by atoms with van der Waals surface area (Å²) in [6.45, 7) is 0. The maximum absolute atomic E-state index is 15.1. The van der Waals surface area contributed by atoms with Crippen LogP contribution in [-0.4, -0.2) is 62.4 Å². The van der Waals surface area contributed by atoms with Gasteiger partial charge < -0.3 is 34.6 Å². The monoisotopic (exact) mass is 722 g/mol. The quantitative estimate of drug-likeness (QED) is 0.115. The lowest BCUT2D eigenvalue weighted by Crippen LogP contribution is -2.50. The number of alkyl halides is 6. The maximum atomic E-state index is 15.1. The zero-order chi connectivity index (χ0) is 37.8. The number of cyclic esters (lactones) is 2. The van der Waals surface area contributed by atoms with Crippen LogP contribution in [0.25, 0.3) is 5.57 Å². The van der Waals surface area contributed by atoms with Gasteiger partial charge in [-0.3, -0.25) is 9.59 Å². The third-order valence-electron chi connectivity index (χ3n) is 7.72. The molecule has 3 aromatic rings. The van der Waals surface area contributed by atoms with Gasteiger partial charge in [0.2, 0.25) is 5.41 Å². The molecule has 2 unspecified atom stereocenters. The zero-order valence-electron chi connectivity index (χ0n) is 24.7. The van der Waals surface area contributed by atoms with Gasteiger partial charge in [0.05, 0.1) is 27.8 Å². The van der Waals surface area contributed by atoms with Crippen molar-refractivity contribution in [2.24, 2.45) is 11.3 Å². The number of allylic oxidation sites excluding steroid dienone is 2. The Morgan fingerprint density at radius 1 is 0.647 bits per heavy atom. The molecule has 1 aliphatic carbocycles. The van der Waals surface area contributed by atoms with Gasteiger partial charge in [0.1, 0.15) is 28.9 Å². The Labute approximate surface area is 278 Å². The van der Waals surface area contributed by atoms with E-state index in [0.717, 1.165) is 30.3 Å². The summed E-state index contributed by atoms with van der Waals surface area (Å²) >= 11 is 0. The van der Waals surface area contributed by atoms with Crippen LogP contribution in [0.3, 0.4) is 0 Å². The zero-order valence-corrected chi connectivity index (χ0v) is 24.7. The smallest absolute Gasteiger partial charge is 0.417 e. The van der Waals surface area contributed by atoms with E-state index in [9.17, 15) is 62.4 Å². The van der Waals surface area contributed by atoms with E-state index in [2.05, 4.69) is 4.74 Å². The third kappa shape index (κ3) is 6.08. The van der Waals surface area contributed by atoms with Gasteiger partial charge in [0.15, 0.2) is 0 Å². The molecule has 0 aromatic heterocycles. The Morgan fingerprint density at radius 2 is 1.12 bits per heavy atom. The van der Waals surface area contributed by atoms with Crippen molar-refractivity contribution in [2.75, 3.05) is 0 Å². The number of halogens is 6. The van der Waals surface area contributed by atoms with E-state index in [4.69, 9.17) is 9.47 Å². The second-order valence-corrected chi connectivity index (χ2v) is 10.6. The van der Waals surface area contributed by atoms with Crippen LogP contribution < -0.4 is 9.47 Å². The van der Waals surface area contributed by atoms with E-state index in [1.54, 1.807) is 0 Å². The lowest BCUT2D eigenvalue weighted by Gasteiger charge is -2.37. The summed E-state index contributed by atoms with van der Waals surface area (Å²) in [5.41, 5.74) is -11.8. The molecule has 1 fully saturated rings. The van der Waals surface area contributed by atoms with Crippen LogP contribution in [0, 0.1) is 11.3 Å². The second-order valence-electron chi connectivity index (χ2n) is 10.6. The summed E-state index contributed by atoms with van der Waals surface area (Å²) in [5.74, 6) is -16.7. The number of esters is 2. The van der Waals surface area contributed by atoms with Gasteiger partial charge in [-0.1, -0.05) is 12.1 Å². The molecule has 13 nitrogen and oxygen atoms in total. The summed E-state index contributed by atoms with van der Waals surface area (Å²) < 4.78 is 104. The number of fused-ring (bicyclic) bond motifs is 1. The van der Waals surface area contributed by atoms with Crippen molar-refractivity contribution in [1.29, 1.82) is 0 Å². The minimum atomic E-state index is -5.85. The number of carboxylic acid groups (broad SMARTS) is 4. The normalized spacial score (nSPS) is 18.6. The summed E-state index contributed by atoms with van der Waals surface area (Å²) in [7, 11) is 0. The van der Waals surface area contributed by atoms with Crippen molar-refractivity contribution < 1.29 is 89.7 Å². The molecule has 2 aliphatic rings. The van der Waals surface area contributed by atoms with E-state index in [0.29, 0.717) is 30.4 Å². The highest BCUT2D eigenvalue weighted by Gasteiger charge is 2.76. The van der Waals surface area contributed by atoms with Gasteiger partial charge in [-0.25, -0.2) is 19.2 Å². The number of carboxylic acids is 4. The SMILES string of the molecule is O=C(O)c1ccc(OC2=CC=C(c3ccc(Oc4ccc(C(=O)O)c(C(=O)O)c4)cc3C(F)(F)F)C3(C(F)(F)F)C(=O)OC(=O)C23)cc1C(=O)O. The Kier molecular flexibility index (Phi) is 8.63. The van der Waals surface area contributed by atoms with Crippen LogP contribution >= 0.6 is 0 Å². The van der Waals surface area contributed by atoms with Crippen molar-refractivity contribution in [3.05, 3.63) is 106 Å². The molecule has 1 heterocycles. The first-order valence-corrected chi connectivity index (χ1v) is 13.7. The Bertz CT molecular complexity index is 2130. The fourth-order valence-electron chi connectivity index (χ4n) is 5.57. The summed E-state index contributed by atoms with van der Waals surface area (Å²) in [6.07, 6.45) is -10.3. The molecule has 4 N–H and O–H groups in total. The van der Waals surface area contributed by atoms with E-state index in [1.807, 2.05) is 0 Å². The van der Waals surface area contributed by atoms with Crippen LogP contribution in [0.5, 0.6) is 17.2 Å². The highest BCUT2D eigenvalue weighted by atomic mass is 19.4. The van der Waals surface area contributed by atoms with E-state index < -0.39 is 121 Å². The molecule has 264 valence electrons. The molecule has 0 radical (unpaired) electrons. The number of carbonyl (C=O) groups is 6. The third-order valence-corrected chi connectivity index (χ3v) is 7.72. The van der Waals surface area contributed by atoms with Gasteiger partial charge in [-0.15, -0.1) is 0 Å². The second kappa shape index (κ2) is 12.3. The van der Waals surface area contributed by atoms with Crippen LogP contribution in [0.4, 0.5) is 26.3 Å². The standard InChI is InChI=1S/C32H16F6O13/c33-31(34,35)21-11-14(49-12-1-4-15(24(39)40)18(9-12)26(43)44)3-6-17(21)20-7-8-22(23-28(47)51-29(48)30(20,23)32(36,37)38)50-13-2-5-16(25(41)42)19(10-13)27(45)46/h1-11,23H,(H,39,40)(H,41,42)(H,43,44)(H,45,46). The van der Waals surface area contributed by atoms with Gasteiger partial charge in [-0.05, 0) is 65.7 Å². The summed E-state index contributed by atoms with van der Waals surface area (Å²) in [4.78, 5) is 71.7. The fraction of sp³-hybridized carbons (Fsp3) is 0.125. The predicted molar refractivity (Wildman–Crippen MR) is 152 cm³/mol. The number of hydrogen-bond donors (Lipinski definition) is 4. The van der Waals surface area contributed by atoms with E-state index >= 15 is 13.2 Å². The molecule has 3 aromatic carbocycles. The first-order chi connectivity index (χ1) is 23.7. The largest absolute Gasteiger partial charge is 0.478 e.